The van der Waals surface area contributed by atoms with Crippen LogP contribution in [0.5, 0.6) is 0 Å². The van der Waals surface area contributed by atoms with E-state index in [1.165, 1.54) is 81.7 Å². The molecule has 1 atom stereocenters. The van der Waals surface area contributed by atoms with Crippen molar-refractivity contribution in [1.29, 1.82) is 0 Å². The molecule has 0 saturated heterocycles. The number of rotatable bonds is 5. The number of hydrogen-bond donors (Lipinski definition) is 0. The van der Waals surface area contributed by atoms with E-state index in [2.05, 4.69) is 176 Å². The number of benzene rings is 8. The highest BCUT2D eigenvalue weighted by Gasteiger charge is 2.22. The lowest BCUT2D eigenvalue weighted by Crippen LogP contribution is -1.92. The smallest absolute Gasteiger partial charge is 0.0379 e. The van der Waals surface area contributed by atoms with E-state index >= 15 is 0 Å². The van der Waals surface area contributed by atoms with E-state index in [1.54, 1.807) is 0 Å². The van der Waals surface area contributed by atoms with E-state index in [4.69, 9.17) is 0 Å². The Morgan fingerprint density at radius 2 is 0.872 bits per heavy atom. The fraction of sp³-hybridized carbons (Fsp3) is 0.0435. The van der Waals surface area contributed by atoms with Crippen LogP contribution in [0.15, 0.2) is 176 Å². The summed E-state index contributed by atoms with van der Waals surface area (Å²) in [6, 6.07) is 62.4. The molecule has 0 saturated carbocycles. The normalized spacial score (nSPS) is 14.6. The Balaban J connectivity index is 1.17. The molecule has 47 heavy (non-hydrogen) atoms. The first kappa shape index (κ1) is 27.9. The molecule has 8 aromatic rings. The van der Waals surface area contributed by atoms with Gasteiger partial charge in [0.25, 0.3) is 0 Å². The van der Waals surface area contributed by atoms with Gasteiger partial charge >= 0.3 is 0 Å². The van der Waals surface area contributed by atoms with Crippen molar-refractivity contribution >= 4 is 49.0 Å². The van der Waals surface area contributed by atoms with Gasteiger partial charge in [0, 0.05) is 10.2 Å². The zero-order valence-electron chi connectivity index (χ0n) is 25.9. The summed E-state index contributed by atoms with van der Waals surface area (Å²) in [6.07, 6.45) is 3.48. The SMILES string of the molecule is C1=C(c2cccc(-c3c4ccccc4c(-c4ccc5cc(-c6ccccc6)ccc5c4)c4ccccc34)c2)SC(c2ccccc2)C1. The van der Waals surface area contributed by atoms with Crippen molar-refractivity contribution in [3.05, 3.63) is 187 Å². The lowest BCUT2D eigenvalue weighted by molar-refractivity contribution is 0.991. The minimum atomic E-state index is 0.475. The van der Waals surface area contributed by atoms with Gasteiger partial charge < -0.3 is 0 Å². The highest BCUT2D eigenvalue weighted by Crippen LogP contribution is 2.49. The lowest BCUT2D eigenvalue weighted by atomic mass is 9.85. The molecule has 222 valence electrons. The van der Waals surface area contributed by atoms with Gasteiger partial charge in [0.1, 0.15) is 0 Å². The molecular formula is C46H32S. The highest BCUT2D eigenvalue weighted by atomic mass is 32.2. The quantitative estimate of drug-likeness (QED) is 0.173. The first-order valence-corrected chi connectivity index (χ1v) is 17.2. The van der Waals surface area contributed by atoms with Crippen molar-refractivity contribution in [2.24, 2.45) is 0 Å². The van der Waals surface area contributed by atoms with Crippen LogP contribution in [0.4, 0.5) is 0 Å². The van der Waals surface area contributed by atoms with Crippen LogP contribution in [0, 0.1) is 0 Å². The van der Waals surface area contributed by atoms with Gasteiger partial charge in [0.05, 0.1) is 0 Å². The van der Waals surface area contributed by atoms with Crippen molar-refractivity contribution in [3.8, 4) is 33.4 Å². The third kappa shape index (κ3) is 5.04. The third-order valence-corrected chi connectivity index (χ3v) is 11.0. The summed E-state index contributed by atoms with van der Waals surface area (Å²) in [5.41, 5.74) is 10.3. The molecule has 1 unspecified atom stereocenters. The van der Waals surface area contributed by atoms with Crippen LogP contribution < -0.4 is 0 Å². The fourth-order valence-corrected chi connectivity index (χ4v) is 8.56. The summed E-state index contributed by atoms with van der Waals surface area (Å²) in [5, 5.41) is 8.12. The molecule has 0 fully saturated rings. The Kier molecular flexibility index (Phi) is 6.99. The molecule has 0 amide bonds. The zero-order valence-corrected chi connectivity index (χ0v) is 26.8. The molecule has 1 aliphatic rings. The van der Waals surface area contributed by atoms with Gasteiger partial charge in [-0.25, -0.2) is 0 Å². The summed E-state index contributed by atoms with van der Waals surface area (Å²) in [7, 11) is 0. The maximum Gasteiger partial charge on any atom is 0.0379 e. The molecule has 0 radical (unpaired) electrons. The van der Waals surface area contributed by atoms with E-state index in [0.29, 0.717) is 5.25 Å². The maximum atomic E-state index is 2.42. The second-order valence-electron chi connectivity index (χ2n) is 12.4. The summed E-state index contributed by atoms with van der Waals surface area (Å²) >= 11 is 1.99. The topological polar surface area (TPSA) is 0 Å². The minimum absolute atomic E-state index is 0.475. The molecule has 1 heterocycles. The first-order valence-electron chi connectivity index (χ1n) is 16.4. The summed E-state index contributed by atoms with van der Waals surface area (Å²) in [4.78, 5) is 1.37. The Hall–Kier alpha value is -5.37. The number of fused-ring (bicyclic) bond motifs is 3. The number of hydrogen-bond acceptors (Lipinski definition) is 1. The van der Waals surface area contributed by atoms with Gasteiger partial charge in [-0.1, -0.05) is 158 Å². The second kappa shape index (κ2) is 11.8. The minimum Gasteiger partial charge on any atom is -0.117 e. The molecule has 0 spiro atoms. The predicted octanol–water partition coefficient (Wildman–Crippen LogP) is 13.4. The van der Waals surface area contributed by atoms with E-state index in [1.807, 2.05) is 11.8 Å². The van der Waals surface area contributed by atoms with Gasteiger partial charge in [-0.05, 0) is 101 Å². The van der Waals surface area contributed by atoms with Gasteiger partial charge in [0.2, 0.25) is 0 Å². The van der Waals surface area contributed by atoms with Crippen LogP contribution in [-0.4, -0.2) is 0 Å². The number of allylic oxidation sites excluding steroid dienone is 1. The van der Waals surface area contributed by atoms with Crippen LogP contribution in [0.25, 0.3) is 70.6 Å². The van der Waals surface area contributed by atoms with Gasteiger partial charge in [-0.15, -0.1) is 11.8 Å². The van der Waals surface area contributed by atoms with Crippen LogP contribution in [0.3, 0.4) is 0 Å². The standard InChI is InChI=1S/C46H32S/c1-3-12-31(13-4-1)33-22-23-35-29-38(25-24-34(35)28-33)46-41-20-9-7-18-39(41)45(40-19-8-10-21-42(40)46)37-17-11-16-36(30-37)44-27-26-43(47-44)32-14-5-2-6-15-32/h1-25,27-30,43H,26H2. The first-order chi connectivity index (χ1) is 23.3. The number of thioether (sulfide) groups is 1. The van der Waals surface area contributed by atoms with Crippen molar-refractivity contribution in [2.75, 3.05) is 0 Å². The average Bonchev–Trinajstić information content (AvgIpc) is 3.65. The molecule has 0 N–H and O–H groups in total. The fourth-order valence-electron chi connectivity index (χ4n) is 7.31. The molecular weight excluding hydrogens is 585 g/mol. The van der Waals surface area contributed by atoms with Crippen molar-refractivity contribution in [1.82, 2.24) is 0 Å². The highest BCUT2D eigenvalue weighted by molar-refractivity contribution is 8.08. The Morgan fingerprint density at radius 3 is 1.51 bits per heavy atom. The molecule has 0 nitrogen and oxygen atoms in total. The van der Waals surface area contributed by atoms with Crippen molar-refractivity contribution < 1.29 is 0 Å². The summed E-state index contributed by atoms with van der Waals surface area (Å²) in [6.45, 7) is 0. The third-order valence-electron chi connectivity index (χ3n) is 9.56. The molecule has 8 aromatic carbocycles. The van der Waals surface area contributed by atoms with Crippen LogP contribution in [0.2, 0.25) is 0 Å². The maximum absolute atomic E-state index is 2.42. The molecule has 1 aliphatic heterocycles. The van der Waals surface area contributed by atoms with Crippen molar-refractivity contribution in [2.45, 2.75) is 11.7 Å². The summed E-state index contributed by atoms with van der Waals surface area (Å²) in [5.74, 6) is 0. The summed E-state index contributed by atoms with van der Waals surface area (Å²) < 4.78 is 0. The van der Waals surface area contributed by atoms with E-state index < -0.39 is 0 Å². The van der Waals surface area contributed by atoms with Crippen LogP contribution in [0.1, 0.15) is 22.8 Å². The van der Waals surface area contributed by atoms with E-state index in [0.717, 1.165) is 6.42 Å². The van der Waals surface area contributed by atoms with E-state index in [9.17, 15) is 0 Å². The van der Waals surface area contributed by atoms with Crippen LogP contribution in [-0.2, 0) is 0 Å². The van der Waals surface area contributed by atoms with Gasteiger partial charge in [-0.3, -0.25) is 0 Å². The molecule has 0 aliphatic carbocycles. The molecule has 1 heteroatoms. The monoisotopic (exact) mass is 616 g/mol. The Labute approximate surface area is 280 Å². The van der Waals surface area contributed by atoms with E-state index in [-0.39, 0.29) is 0 Å². The average molecular weight is 617 g/mol. The van der Waals surface area contributed by atoms with Gasteiger partial charge in [-0.2, -0.15) is 0 Å². The van der Waals surface area contributed by atoms with Crippen LogP contribution >= 0.6 is 11.8 Å². The zero-order chi connectivity index (χ0) is 31.2. The van der Waals surface area contributed by atoms with Gasteiger partial charge in [0.15, 0.2) is 0 Å². The largest absolute Gasteiger partial charge is 0.117 e. The Bertz CT molecular complexity index is 2400. The molecule has 0 aromatic heterocycles. The lowest BCUT2D eigenvalue weighted by Gasteiger charge is -2.18. The molecule has 0 bridgehead atoms. The Morgan fingerprint density at radius 1 is 0.383 bits per heavy atom. The van der Waals surface area contributed by atoms with Crippen molar-refractivity contribution in [3.63, 3.8) is 0 Å². The predicted molar refractivity (Wildman–Crippen MR) is 205 cm³/mol. The second-order valence-corrected chi connectivity index (χ2v) is 13.6. The molecule has 9 rings (SSSR count).